The van der Waals surface area contributed by atoms with Crippen LogP contribution in [-0.2, 0) is 0 Å². The smallest absolute Gasteiger partial charge is 0.198 e. The van der Waals surface area contributed by atoms with Crippen molar-refractivity contribution in [2.75, 3.05) is 5.32 Å². The molecule has 2 heterocycles. The summed E-state index contributed by atoms with van der Waals surface area (Å²) in [7, 11) is 0. The van der Waals surface area contributed by atoms with Crippen molar-refractivity contribution in [3.63, 3.8) is 0 Å². The van der Waals surface area contributed by atoms with Gasteiger partial charge in [0.1, 0.15) is 11.6 Å². The van der Waals surface area contributed by atoms with Crippen LogP contribution in [0.25, 0.3) is 22.5 Å². The van der Waals surface area contributed by atoms with Gasteiger partial charge in [-0.25, -0.2) is 14.4 Å². The molecule has 0 fully saturated rings. The molecule has 0 unspecified atom stereocenters. The lowest BCUT2D eigenvalue weighted by molar-refractivity contribution is 0.577. The molecule has 0 spiro atoms. The number of aromatic nitrogens is 2. The lowest BCUT2D eigenvalue weighted by Crippen LogP contribution is -1.99. The molecule has 2 aromatic carbocycles. The zero-order chi connectivity index (χ0) is 16.5. The Bertz CT molecular complexity index is 995. The van der Waals surface area contributed by atoms with Crippen molar-refractivity contribution in [3.05, 3.63) is 72.2 Å². The maximum atomic E-state index is 13.1. The van der Waals surface area contributed by atoms with Crippen LogP contribution in [0.15, 0.2) is 65.3 Å². The van der Waals surface area contributed by atoms with Crippen molar-refractivity contribution in [2.24, 2.45) is 0 Å². The minimum absolute atomic E-state index is 0.278. The van der Waals surface area contributed by atoms with Crippen LogP contribution >= 0.6 is 0 Å². The number of rotatable bonds is 3. The van der Waals surface area contributed by atoms with Crippen molar-refractivity contribution in [1.29, 1.82) is 0 Å². The summed E-state index contributed by atoms with van der Waals surface area (Å²) in [6, 6.07) is 15.7. The summed E-state index contributed by atoms with van der Waals surface area (Å²) in [4.78, 5) is 9.16. The van der Waals surface area contributed by atoms with E-state index in [1.54, 1.807) is 24.5 Å². The van der Waals surface area contributed by atoms with Gasteiger partial charge in [-0.15, -0.1) is 0 Å². The van der Waals surface area contributed by atoms with E-state index in [0.717, 1.165) is 22.2 Å². The molecule has 0 saturated carbocycles. The van der Waals surface area contributed by atoms with Gasteiger partial charge in [0.15, 0.2) is 11.6 Å². The molecule has 118 valence electrons. The first-order chi connectivity index (χ1) is 11.7. The molecular formula is C19H14FN3O. The zero-order valence-electron chi connectivity index (χ0n) is 13.0. The molecule has 4 aromatic rings. The van der Waals surface area contributed by atoms with Crippen LogP contribution in [0, 0.1) is 12.7 Å². The SMILES string of the molecule is Cc1ccc2nc(-c3ccco3)nc(Nc3ccc(F)cc3)c2c1. The van der Waals surface area contributed by atoms with Gasteiger partial charge in [0, 0.05) is 11.1 Å². The second kappa shape index (κ2) is 5.77. The van der Waals surface area contributed by atoms with Crippen molar-refractivity contribution in [3.8, 4) is 11.6 Å². The average Bonchev–Trinajstić information content (AvgIpc) is 3.12. The Hall–Kier alpha value is -3.21. The quantitative estimate of drug-likeness (QED) is 0.572. The number of aryl methyl sites for hydroxylation is 1. The van der Waals surface area contributed by atoms with Crippen molar-refractivity contribution in [2.45, 2.75) is 6.92 Å². The Morgan fingerprint density at radius 3 is 2.58 bits per heavy atom. The number of fused-ring (bicyclic) bond motifs is 1. The average molecular weight is 319 g/mol. The predicted molar refractivity (Wildman–Crippen MR) is 91.7 cm³/mol. The molecule has 2 aromatic heterocycles. The van der Waals surface area contributed by atoms with E-state index in [1.165, 1.54) is 12.1 Å². The minimum atomic E-state index is -0.278. The van der Waals surface area contributed by atoms with Gasteiger partial charge >= 0.3 is 0 Å². The van der Waals surface area contributed by atoms with E-state index in [0.29, 0.717) is 17.4 Å². The number of hydrogen-bond donors (Lipinski definition) is 1. The third-order valence-corrected chi connectivity index (χ3v) is 3.70. The number of nitrogens with one attached hydrogen (secondary N) is 1. The largest absolute Gasteiger partial charge is 0.461 e. The standard InChI is InChI=1S/C19H14FN3O/c1-12-4-9-16-15(11-12)18(21-14-7-5-13(20)6-8-14)23-19(22-16)17-3-2-10-24-17/h2-11H,1H3,(H,21,22,23). The zero-order valence-corrected chi connectivity index (χ0v) is 13.0. The molecule has 0 atom stereocenters. The summed E-state index contributed by atoms with van der Waals surface area (Å²) in [6.45, 7) is 2.02. The minimum Gasteiger partial charge on any atom is -0.461 e. The molecule has 24 heavy (non-hydrogen) atoms. The molecule has 0 saturated heterocycles. The highest BCUT2D eigenvalue weighted by atomic mass is 19.1. The second-order valence-electron chi connectivity index (χ2n) is 5.53. The first-order valence-electron chi connectivity index (χ1n) is 7.54. The molecule has 0 bridgehead atoms. The van der Waals surface area contributed by atoms with Gasteiger partial charge in [-0.05, 0) is 55.5 Å². The molecule has 0 radical (unpaired) electrons. The van der Waals surface area contributed by atoms with Crippen molar-refractivity contribution in [1.82, 2.24) is 9.97 Å². The maximum absolute atomic E-state index is 13.1. The summed E-state index contributed by atoms with van der Waals surface area (Å²) in [5, 5.41) is 4.14. The Kier molecular flexibility index (Phi) is 3.46. The van der Waals surface area contributed by atoms with Crippen LogP contribution in [0.5, 0.6) is 0 Å². The molecule has 0 aliphatic carbocycles. The number of furan rings is 1. The molecular weight excluding hydrogens is 305 g/mol. The summed E-state index contributed by atoms with van der Waals surface area (Å²) < 4.78 is 18.5. The van der Waals surface area contributed by atoms with E-state index in [2.05, 4.69) is 15.3 Å². The monoisotopic (exact) mass is 319 g/mol. The summed E-state index contributed by atoms with van der Waals surface area (Å²) in [5.41, 5.74) is 2.67. The third-order valence-electron chi connectivity index (χ3n) is 3.70. The summed E-state index contributed by atoms with van der Waals surface area (Å²) >= 11 is 0. The molecule has 1 N–H and O–H groups in total. The molecule has 4 rings (SSSR count). The maximum Gasteiger partial charge on any atom is 0.198 e. The van der Waals surface area contributed by atoms with Gasteiger partial charge in [-0.3, -0.25) is 0 Å². The van der Waals surface area contributed by atoms with Crippen LogP contribution in [0.3, 0.4) is 0 Å². The van der Waals surface area contributed by atoms with Gasteiger partial charge in [-0.1, -0.05) is 11.6 Å². The number of hydrogen-bond acceptors (Lipinski definition) is 4. The molecule has 5 heteroatoms. The molecule has 0 aliphatic rings. The van der Waals surface area contributed by atoms with Crippen LogP contribution in [0.4, 0.5) is 15.9 Å². The van der Waals surface area contributed by atoms with E-state index in [1.807, 2.05) is 31.2 Å². The number of halogens is 1. The summed E-state index contributed by atoms with van der Waals surface area (Å²) in [5.74, 6) is 1.47. The number of anilines is 2. The molecule has 0 aliphatic heterocycles. The Balaban J connectivity index is 1.87. The fraction of sp³-hybridized carbons (Fsp3) is 0.0526. The van der Waals surface area contributed by atoms with Crippen LogP contribution < -0.4 is 5.32 Å². The summed E-state index contributed by atoms with van der Waals surface area (Å²) in [6.07, 6.45) is 1.59. The van der Waals surface area contributed by atoms with Crippen molar-refractivity contribution < 1.29 is 8.81 Å². The molecule has 4 nitrogen and oxygen atoms in total. The van der Waals surface area contributed by atoms with Gasteiger partial charge in [0.05, 0.1) is 11.8 Å². The highest BCUT2D eigenvalue weighted by Gasteiger charge is 2.12. The van der Waals surface area contributed by atoms with E-state index in [9.17, 15) is 4.39 Å². The first kappa shape index (κ1) is 14.4. The normalized spacial score (nSPS) is 10.9. The topological polar surface area (TPSA) is 51.0 Å². The molecule has 0 amide bonds. The van der Waals surface area contributed by atoms with Crippen LogP contribution in [0.2, 0.25) is 0 Å². The van der Waals surface area contributed by atoms with E-state index in [-0.39, 0.29) is 5.82 Å². The fourth-order valence-electron chi connectivity index (χ4n) is 2.52. The Morgan fingerprint density at radius 2 is 1.83 bits per heavy atom. The predicted octanol–water partition coefficient (Wildman–Crippen LogP) is 5.08. The van der Waals surface area contributed by atoms with Crippen molar-refractivity contribution >= 4 is 22.4 Å². The van der Waals surface area contributed by atoms with E-state index >= 15 is 0 Å². The van der Waals surface area contributed by atoms with E-state index < -0.39 is 0 Å². The fourth-order valence-corrected chi connectivity index (χ4v) is 2.52. The second-order valence-corrected chi connectivity index (χ2v) is 5.53. The van der Waals surface area contributed by atoms with E-state index in [4.69, 9.17) is 4.42 Å². The van der Waals surface area contributed by atoms with Gasteiger partial charge in [0.25, 0.3) is 0 Å². The van der Waals surface area contributed by atoms with Gasteiger partial charge in [0.2, 0.25) is 0 Å². The van der Waals surface area contributed by atoms with Gasteiger partial charge < -0.3 is 9.73 Å². The Labute approximate surface area is 138 Å². The van der Waals surface area contributed by atoms with Crippen LogP contribution in [0.1, 0.15) is 5.56 Å². The third kappa shape index (κ3) is 2.72. The first-order valence-corrected chi connectivity index (χ1v) is 7.54. The Morgan fingerprint density at radius 1 is 1.00 bits per heavy atom. The highest BCUT2D eigenvalue weighted by Crippen LogP contribution is 2.28. The highest BCUT2D eigenvalue weighted by molar-refractivity contribution is 5.92. The number of nitrogens with zero attached hydrogens (tertiary/aromatic N) is 2. The van der Waals surface area contributed by atoms with Gasteiger partial charge in [-0.2, -0.15) is 0 Å². The lowest BCUT2D eigenvalue weighted by atomic mass is 10.1. The number of benzene rings is 2. The van der Waals surface area contributed by atoms with Crippen LogP contribution in [-0.4, -0.2) is 9.97 Å². The lowest BCUT2D eigenvalue weighted by Gasteiger charge is -2.11.